The smallest absolute Gasteiger partial charge is 0.134 e. The van der Waals surface area contributed by atoms with Gasteiger partial charge in [-0.1, -0.05) is 5.16 Å². The predicted octanol–water partition coefficient (Wildman–Crippen LogP) is 2.20. The van der Waals surface area contributed by atoms with Gasteiger partial charge in [0.15, 0.2) is 0 Å². The summed E-state index contributed by atoms with van der Waals surface area (Å²) in [6.45, 7) is 2.53. The molecule has 0 atom stereocenters. The molecule has 1 aromatic heterocycles. The number of ether oxygens (including phenoxy) is 1. The van der Waals surface area contributed by atoms with Crippen LogP contribution in [0.1, 0.15) is 17.0 Å². The fourth-order valence-electron chi connectivity index (χ4n) is 1.66. The highest BCUT2D eigenvalue weighted by molar-refractivity contribution is 5.30. The van der Waals surface area contributed by atoms with Crippen molar-refractivity contribution in [2.75, 3.05) is 6.54 Å². The lowest BCUT2D eigenvalue weighted by Gasteiger charge is -2.06. The van der Waals surface area contributed by atoms with E-state index in [0.717, 1.165) is 11.3 Å². The molecule has 0 spiro atoms. The Balaban J connectivity index is 2.04. The average Bonchev–Trinajstić information content (AvgIpc) is 2.72. The molecule has 2 N–H and O–H groups in total. The SMILES string of the molecule is Cc1cc(COc2cc(F)cc(CCN)c2)no1. The Hall–Kier alpha value is -1.88. The van der Waals surface area contributed by atoms with Crippen LogP contribution in [0.25, 0.3) is 0 Å². The van der Waals surface area contributed by atoms with Crippen LogP contribution in [0.2, 0.25) is 0 Å². The molecule has 0 fully saturated rings. The molecule has 5 heteroatoms. The minimum absolute atomic E-state index is 0.253. The predicted molar refractivity (Wildman–Crippen MR) is 64.7 cm³/mol. The second-order valence-electron chi connectivity index (χ2n) is 4.05. The van der Waals surface area contributed by atoms with E-state index in [0.29, 0.717) is 24.4 Å². The first-order valence-electron chi connectivity index (χ1n) is 5.72. The average molecular weight is 250 g/mol. The number of rotatable bonds is 5. The maximum absolute atomic E-state index is 13.3. The lowest BCUT2D eigenvalue weighted by Crippen LogP contribution is -2.03. The number of benzene rings is 1. The molecule has 18 heavy (non-hydrogen) atoms. The van der Waals surface area contributed by atoms with Crippen molar-refractivity contribution in [2.45, 2.75) is 20.0 Å². The molecule has 0 unspecified atom stereocenters. The maximum Gasteiger partial charge on any atom is 0.134 e. The normalized spacial score (nSPS) is 10.6. The van der Waals surface area contributed by atoms with Gasteiger partial charge in [-0.15, -0.1) is 0 Å². The Labute approximate surface area is 105 Å². The van der Waals surface area contributed by atoms with Crippen molar-refractivity contribution in [1.82, 2.24) is 5.16 Å². The van der Waals surface area contributed by atoms with E-state index in [2.05, 4.69) is 5.16 Å². The van der Waals surface area contributed by atoms with Crippen molar-refractivity contribution in [3.05, 3.63) is 47.1 Å². The van der Waals surface area contributed by atoms with Crippen LogP contribution < -0.4 is 10.5 Å². The summed E-state index contributed by atoms with van der Waals surface area (Å²) in [6.07, 6.45) is 0.622. The molecule has 96 valence electrons. The van der Waals surface area contributed by atoms with Gasteiger partial charge in [-0.3, -0.25) is 0 Å². The Bertz CT molecular complexity index is 525. The number of hydrogen-bond acceptors (Lipinski definition) is 4. The standard InChI is InChI=1S/C13H15FN2O2/c1-9-4-12(16-18-9)8-17-13-6-10(2-3-15)5-11(14)7-13/h4-7H,2-3,8,15H2,1H3. The Morgan fingerprint density at radius 2 is 2.17 bits per heavy atom. The minimum atomic E-state index is -0.327. The second-order valence-corrected chi connectivity index (χ2v) is 4.05. The van der Waals surface area contributed by atoms with Gasteiger partial charge in [-0.05, 0) is 37.6 Å². The number of aromatic nitrogens is 1. The first-order valence-corrected chi connectivity index (χ1v) is 5.72. The van der Waals surface area contributed by atoms with Gasteiger partial charge in [0.25, 0.3) is 0 Å². The van der Waals surface area contributed by atoms with Gasteiger partial charge < -0.3 is 15.0 Å². The molecule has 0 saturated heterocycles. The summed E-state index contributed by atoms with van der Waals surface area (Å²) in [7, 11) is 0. The maximum atomic E-state index is 13.3. The third-order valence-corrected chi connectivity index (χ3v) is 2.43. The van der Waals surface area contributed by atoms with Gasteiger partial charge in [-0.25, -0.2) is 4.39 Å². The zero-order valence-electron chi connectivity index (χ0n) is 10.1. The van der Waals surface area contributed by atoms with Gasteiger partial charge in [0.1, 0.15) is 29.6 Å². The first kappa shape index (κ1) is 12.6. The highest BCUT2D eigenvalue weighted by Gasteiger charge is 2.04. The van der Waals surface area contributed by atoms with Crippen LogP contribution >= 0.6 is 0 Å². The lowest BCUT2D eigenvalue weighted by molar-refractivity contribution is 0.286. The highest BCUT2D eigenvalue weighted by Crippen LogP contribution is 2.18. The van der Waals surface area contributed by atoms with E-state index in [9.17, 15) is 4.39 Å². The number of nitrogens with zero attached hydrogens (tertiary/aromatic N) is 1. The molecule has 2 aromatic rings. The van der Waals surface area contributed by atoms with Gasteiger partial charge in [0.2, 0.25) is 0 Å². The van der Waals surface area contributed by atoms with Crippen LogP contribution in [-0.4, -0.2) is 11.7 Å². The van der Waals surface area contributed by atoms with Crippen molar-refractivity contribution in [3.63, 3.8) is 0 Å². The highest BCUT2D eigenvalue weighted by atomic mass is 19.1. The number of aryl methyl sites for hydroxylation is 1. The molecular formula is C13H15FN2O2. The number of nitrogens with two attached hydrogens (primary N) is 1. The quantitative estimate of drug-likeness (QED) is 0.883. The van der Waals surface area contributed by atoms with Gasteiger partial charge >= 0.3 is 0 Å². The van der Waals surface area contributed by atoms with E-state index in [1.165, 1.54) is 12.1 Å². The fourth-order valence-corrected chi connectivity index (χ4v) is 1.66. The fraction of sp³-hybridized carbons (Fsp3) is 0.308. The first-order chi connectivity index (χ1) is 8.67. The second kappa shape index (κ2) is 5.64. The Kier molecular flexibility index (Phi) is 3.94. The summed E-state index contributed by atoms with van der Waals surface area (Å²) in [5.74, 6) is 0.864. The summed E-state index contributed by atoms with van der Waals surface area (Å²) in [5, 5.41) is 3.80. The molecule has 0 saturated carbocycles. The largest absolute Gasteiger partial charge is 0.487 e. The van der Waals surface area contributed by atoms with E-state index in [4.69, 9.17) is 15.0 Å². The molecule has 2 rings (SSSR count). The third kappa shape index (κ3) is 3.30. The Morgan fingerprint density at radius 3 is 2.83 bits per heavy atom. The molecule has 0 bridgehead atoms. The molecular weight excluding hydrogens is 235 g/mol. The van der Waals surface area contributed by atoms with E-state index in [1.807, 2.05) is 0 Å². The zero-order chi connectivity index (χ0) is 13.0. The van der Waals surface area contributed by atoms with Crippen molar-refractivity contribution in [1.29, 1.82) is 0 Å². The van der Waals surface area contributed by atoms with Crippen LogP contribution in [0.5, 0.6) is 5.75 Å². The van der Waals surface area contributed by atoms with E-state index in [-0.39, 0.29) is 12.4 Å². The van der Waals surface area contributed by atoms with Gasteiger partial charge in [0, 0.05) is 12.1 Å². The van der Waals surface area contributed by atoms with E-state index in [1.54, 1.807) is 19.1 Å². The van der Waals surface area contributed by atoms with Crippen LogP contribution in [0, 0.1) is 12.7 Å². The monoisotopic (exact) mass is 250 g/mol. The summed E-state index contributed by atoms with van der Waals surface area (Å²) in [4.78, 5) is 0. The number of halogens is 1. The molecule has 0 radical (unpaired) electrons. The summed E-state index contributed by atoms with van der Waals surface area (Å²) < 4.78 is 23.7. The lowest BCUT2D eigenvalue weighted by atomic mass is 10.1. The van der Waals surface area contributed by atoms with Crippen LogP contribution in [0.4, 0.5) is 4.39 Å². The van der Waals surface area contributed by atoms with E-state index < -0.39 is 0 Å². The molecule has 4 nitrogen and oxygen atoms in total. The molecule has 0 amide bonds. The summed E-state index contributed by atoms with van der Waals surface area (Å²) in [6, 6.07) is 6.36. The molecule has 0 aliphatic carbocycles. The molecule has 0 aliphatic heterocycles. The molecule has 0 aliphatic rings. The minimum Gasteiger partial charge on any atom is -0.487 e. The number of hydrogen-bond donors (Lipinski definition) is 1. The van der Waals surface area contributed by atoms with Crippen molar-refractivity contribution in [2.24, 2.45) is 5.73 Å². The molecule has 1 heterocycles. The van der Waals surface area contributed by atoms with Crippen LogP contribution in [0.3, 0.4) is 0 Å². The third-order valence-electron chi connectivity index (χ3n) is 2.43. The summed E-state index contributed by atoms with van der Waals surface area (Å²) in [5.41, 5.74) is 6.94. The van der Waals surface area contributed by atoms with Crippen LogP contribution in [-0.2, 0) is 13.0 Å². The Morgan fingerprint density at radius 1 is 1.33 bits per heavy atom. The zero-order valence-corrected chi connectivity index (χ0v) is 10.1. The van der Waals surface area contributed by atoms with Crippen LogP contribution in [0.15, 0.2) is 28.8 Å². The molecule has 1 aromatic carbocycles. The van der Waals surface area contributed by atoms with E-state index >= 15 is 0 Å². The van der Waals surface area contributed by atoms with Gasteiger partial charge in [0.05, 0.1) is 0 Å². The topological polar surface area (TPSA) is 61.3 Å². The van der Waals surface area contributed by atoms with Gasteiger partial charge in [-0.2, -0.15) is 0 Å². The van der Waals surface area contributed by atoms with Crippen molar-refractivity contribution >= 4 is 0 Å². The summed E-state index contributed by atoms with van der Waals surface area (Å²) >= 11 is 0. The van der Waals surface area contributed by atoms with Crippen molar-refractivity contribution < 1.29 is 13.7 Å². The van der Waals surface area contributed by atoms with Crippen molar-refractivity contribution in [3.8, 4) is 5.75 Å².